The number of halogens is 1. The second kappa shape index (κ2) is 6.33. The van der Waals surface area contributed by atoms with Crippen molar-refractivity contribution in [3.63, 3.8) is 0 Å². The van der Waals surface area contributed by atoms with E-state index in [4.69, 9.17) is 9.84 Å². The lowest BCUT2D eigenvalue weighted by Crippen LogP contribution is -2.37. The van der Waals surface area contributed by atoms with Gasteiger partial charge in [0.1, 0.15) is 19.0 Å². The Morgan fingerprint density at radius 3 is 2.83 bits per heavy atom. The summed E-state index contributed by atoms with van der Waals surface area (Å²) in [5, 5.41) is 8.70. The molecule has 0 saturated carbocycles. The average molecular weight is 254 g/mol. The third-order valence-electron chi connectivity index (χ3n) is 1.82. The molecular weight excluding hydrogens is 243 g/mol. The van der Waals surface area contributed by atoms with E-state index in [1.807, 2.05) is 0 Å². The molecule has 0 fully saturated rings. The summed E-state index contributed by atoms with van der Waals surface area (Å²) in [5.74, 6) is -2.22. The van der Waals surface area contributed by atoms with Crippen LogP contribution in [0.3, 0.4) is 0 Å². The first-order chi connectivity index (χ1) is 8.54. The van der Waals surface area contributed by atoms with Gasteiger partial charge in [0.15, 0.2) is 0 Å². The Morgan fingerprint density at radius 2 is 2.28 bits per heavy atom. The van der Waals surface area contributed by atoms with E-state index >= 15 is 0 Å². The molecule has 96 valence electrons. The Labute approximate surface area is 102 Å². The van der Waals surface area contributed by atoms with E-state index in [-0.39, 0.29) is 12.4 Å². The number of carbonyl (C=O) groups excluding carboxylic acids is 1. The van der Waals surface area contributed by atoms with Crippen LogP contribution >= 0.6 is 0 Å². The highest BCUT2D eigenvalue weighted by molar-refractivity contribution is 5.91. The molecule has 6 nitrogen and oxygen atoms in total. The number of hydrogen-bond donors (Lipinski definition) is 1. The Bertz CT molecular complexity index is 464. The van der Waals surface area contributed by atoms with Crippen molar-refractivity contribution in [1.82, 2.24) is 4.98 Å². The number of anilines is 1. The van der Waals surface area contributed by atoms with E-state index < -0.39 is 24.6 Å². The first-order valence-corrected chi connectivity index (χ1v) is 4.94. The average Bonchev–Trinajstić information content (AvgIpc) is 2.32. The van der Waals surface area contributed by atoms with Crippen molar-refractivity contribution < 1.29 is 23.8 Å². The van der Waals surface area contributed by atoms with E-state index in [1.165, 1.54) is 18.2 Å². The van der Waals surface area contributed by atoms with Crippen molar-refractivity contribution in [1.29, 1.82) is 0 Å². The third kappa shape index (κ3) is 3.85. The van der Waals surface area contributed by atoms with Gasteiger partial charge in [0.05, 0.1) is 0 Å². The molecule has 0 bridgehead atoms. The summed E-state index contributed by atoms with van der Waals surface area (Å²) in [6.45, 7) is 2.60. The van der Waals surface area contributed by atoms with Gasteiger partial charge in [-0.3, -0.25) is 9.69 Å². The van der Waals surface area contributed by atoms with Crippen LogP contribution in [-0.4, -0.2) is 35.3 Å². The lowest BCUT2D eigenvalue weighted by atomic mass is 10.4. The molecule has 0 radical (unpaired) electrons. The number of aliphatic carboxylic acids is 1. The number of carboxylic acids is 1. The van der Waals surface area contributed by atoms with Crippen LogP contribution in [0.5, 0.6) is 0 Å². The highest BCUT2D eigenvalue weighted by Crippen LogP contribution is 2.12. The zero-order valence-corrected chi connectivity index (χ0v) is 9.38. The summed E-state index contributed by atoms with van der Waals surface area (Å²) in [5.41, 5.74) is 0. The molecule has 1 aromatic rings. The molecule has 0 saturated heterocycles. The van der Waals surface area contributed by atoms with Crippen molar-refractivity contribution >= 4 is 17.9 Å². The maximum Gasteiger partial charge on any atom is 0.416 e. The Hall–Kier alpha value is -2.44. The zero-order chi connectivity index (χ0) is 13.5. The van der Waals surface area contributed by atoms with Crippen LogP contribution in [0.25, 0.3) is 0 Å². The van der Waals surface area contributed by atoms with Crippen molar-refractivity contribution in [3.05, 3.63) is 36.8 Å². The van der Waals surface area contributed by atoms with Crippen LogP contribution in [0, 0.1) is 5.95 Å². The predicted octanol–water partition coefficient (Wildman–Crippen LogP) is 1.43. The molecular formula is C11H11FN2O4. The van der Waals surface area contributed by atoms with E-state index in [0.29, 0.717) is 0 Å². The Kier molecular flexibility index (Phi) is 4.79. The second-order valence-electron chi connectivity index (χ2n) is 3.16. The fourth-order valence-electron chi connectivity index (χ4n) is 1.13. The summed E-state index contributed by atoms with van der Waals surface area (Å²) in [7, 11) is 0. The van der Waals surface area contributed by atoms with E-state index in [1.54, 1.807) is 0 Å². The fraction of sp³-hybridized carbons (Fsp3) is 0.182. The zero-order valence-electron chi connectivity index (χ0n) is 9.38. The molecule has 0 aromatic carbocycles. The topological polar surface area (TPSA) is 79.7 Å². The summed E-state index contributed by atoms with van der Waals surface area (Å²) >= 11 is 0. The monoisotopic (exact) mass is 254 g/mol. The fourth-order valence-corrected chi connectivity index (χ4v) is 1.13. The molecule has 1 N–H and O–H groups in total. The van der Waals surface area contributed by atoms with Gasteiger partial charge in [0.2, 0.25) is 5.95 Å². The minimum atomic E-state index is -1.27. The minimum Gasteiger partial charge on any atom is -0.480 e. The van der Waals surface area contributed by atoms with Crippen LogP contribution in [0.15, 0.2) is 30.9 Å². The van der Waals surface area contributed by atoms with Crippen molar-refractivity contribution in [3.8, 4) is 0 Å². The van der Waals surface area contributed by atoms with Gasteiger partial charge in [-0.15, -0.1) is 0 Å². The number of ether oxygens (including phenoxy) is 1. The number of nitrogens with zero attached hydrogens (tertiary/aromatic N) is 2. The Balaban J connectivity index is 2.93. The molecule has 1 heterocycles. The molecule has 1 amide bonds. The summed E-state index contributed by atoms with van der Waals surface area (Å²) < 4.78 is 17.6. The molecule has 0 aliphatic heterocycles. The molecule has 0 unspecified atom stereocenters. The molecule has 7 heteroatoms. The largest absolute Gasteiger partial charge is 0.480 e. The smallest absolute Gasteiger partial charge is 0.416 e. The number of pyridine rings is 1. The van der Waals surface area contributed by atoms with Gasteiger partial charge in [-0.1, -0.05) is 18.7 Å². The first kappa shape index (κ1) is 13.6. The second-order valence-corrected chi connectivity index (χ2v) is 3.16. The maximum atomic E-state index is 12.9. The Morgan fingerprint density at radius 1 is 1.56 bits per heavy atom. The van der Waals surface area contributed by atoms with Gasteiger partial charge in [0, 0.05) is 0 Å². The molecule has 0 aliphatic carbocycles. The van der Waals surface area contributed by atoms with Gasteiger partial charge in [-0.25, -0.2) is 9.78 Å². The predicted molar refractivity (Wildman–Crippen MR) is 60.7 cm³/mol. The highest BCUT2D eigenvalue weighted by Gasteiger charge is 2.21. The van der Waals surface area contributed by atoms with Gasteiger partial charge in [0.25, 0.3) is 0 Å². The third-order valence-corrected chi connectivity index (χ3v) is 1.82. The summed E-state index contributed by atoms with van der Waals surface area (Å²) in [6.07, 6.45) is 0.394. The van der Waals surface area contributed by atoms with Crippen LogP contribution in [0.2, 0.25) is 0 Å². The van der Waals surface area contributed by atoms with Crippen LogP contribution in [-0.2, 0) is 9.53 Å². The normalized spacial score (nSPS) is 9.61. The first-order valence-electron chi connectivity index (χ1n) is 4.94. The van der Waals surface area contributed by atoms with Crippen molar-refractivity contribution in [2.24, 2.45) is 0 Å². The molecule has 0 spiro atoms. The number of amides is 1. The van der Waals surface area contributed by atoms with Crippen molar-refractivity contribution in [2.75, 3.05) is 18.1 Å². The van der Waals surface area contributed by atoms with Crippen LogP contribution in [0.4, 0.5) is 15.0 Å². The van der Waals surface area contributed by atoms with Gasteiger partial charge >= 0.3 is 12.1 Å². The maximum absolute atomic E-state index is 12.9. The quantitative estimate of drug-likeness (QED) is 0.635. The summed E-state index contributed by atoms with van der Waals surface area (Å²) in [6, 6.07) is 3.70. The minimum absolute atomic E-state index is 0.0791. The van der Waals surface area contributed by atoms with Crippen molar-refractivity contribution in [2.45, 2.75) is 0 Å². The van der Waals surface area contributed by atoms with Crippen LogP contribution < -0.4 is 4.90 Å². The number of rotatable bonds is 5. The standard InChI is InChI=1S/C11H11FN2O4/c1-2-6-18-11(17)14(7-10(15)16)9-5-3-4-8(12)13-9/h2-5H,1,6-7H2,(H,15,16). The number of aromatic nitrogens is 1. The number of carbonyl (C=O) groups is 2. The summed E-state index contributed by atoms with van der Waals surface area (Å²) in [4.78, 5) is 26.4. The van der Waals surface area contributed by atoms with Gasteiger partial charge in [-0.05, 0) is 12.1 Å². The molecule has 0 atom stereocenters. The molecule has 0 aliphatic rings. The highest BCUT2D eigenvalue weighted by atomic mass is 19.1. The lowest BCUT2D eigenvalue weighted by Gasteiger charge is -2.18. The van der Waals surface area contributed by atoms with Gasteiger partial charge in [-0.2, -0.15) is 4.39 Å². The number of hydrogen-bond acceptors (Lipinski definition) is 4. The number of carboxylic acid groups (broad SMARTS) is 1. The lowest BCUT2D eigenvalue weighted by molar-refractivity contribution is -0.135. The van der Waals surface area contributed by atoms with E-state index in [9.17, 15) is 14.0 Å². The van der Waals surface area contributed by atoms with Gasteiger partial charge < -0.3 is 9.84 Å². The van der Waals surface area contributed by atoms with E-state index in [2.05, 4.69) is 11.6 Å². The SMILES string of the molecule is C=CCOC(=O)N(CC(=O)O)c1cccc(F)n1. The van der Waals surface area contributed by atoms with E-state index in [0.717, 1.165) is 11.0 Å². The molecule has 1 aromatic heterocycles. The molecule has 18 heavy (non-hydrogen) atoms. The molecule has 1 rings (SSSR count). The van der Waals surface area contributed by atoms with Crippen LogP contribution in [0.1, 0.15) is 0 Å².